The second-order valence-corrected chi connectivity index (χ2v) is 13.3. The van der Waals surface area contributed by atoms with Crippen molar-refractivity contribution in [3.8, 4) is 0 Å². The fourth-order valence-corrected chi connectivity index (χ4v) is 5.67. The van der Waals surface area contributed by atoms with Gasteiger partial charge in [-0.3, -0.25) is 0 Å². The average Bonchev–Trinajstić information content (AvgIpc) is 2.69. The molecule has 2 aliphatic carbocycles. The van der Waals surface area contributed by atoms with Crippen LogP contribution in [0.25, 0.3) is 0 Å². The van der Waals surface area contributed by atoms with Gasteiger partial charge < -0.3 is 10.0 Å². The van der Waals surface area contributed by atoms with E-state index in [0.717, 1.165) is 12.8 Å². The summed E-state index contributed by atoms with van der Waals surface area (Å²) in [5.74, 6) is 0. The van der Waals surface area contributed by atoms with Crippen molar-refractivity contribution in [2.45, 2.75) is 103 Å². The Kier molecular flexibility index (Phi) is 11.4. The molecular weight excluding hydrogens is 505 g/mol. The molecule has 6 heteroatoms. The van der Waals surface area contributed by atoms with Crippen LogP contribution in [0.2, 0.25) is 0 Å². The number of hydrogen-bond donors (Lipinski definition) is 0. The van der Waals surface area contributed by atoms with E-state index in [1.54, 1.807) is 6.07 Å². The first-order valence-corrected chi connectivity index (χ1v) is 12.6. The van der Waals surface area contributed by atoms with Crippen LogP contribution in [0.3, 0.4) is 0 Å². The van der Waals surface area contributed by atoms with Gasteiger partial charge in [-0.15, -0.1) is 5.46 Å². The molecule has 0 heterocycles. The standard InChI is InChI=1S/C14H19BO2.C14H19Br.2Na/c1-13(2)7-8-14(3,4)12-9-10(15(16)17)5-6-11(12)13;1-13(2)7-8-14(3,4)12-9-10(15)5-6-11(12)13;;/h5-6,9H,7-8H2,1-4H3;5-6,9H,7-8H2,1-4H3;;/q-2;;2*+1. The second kappa shape index (κ2) is 11.7. The third kappa shape index (κ3) is 7.05. The first-order valence-electron chi connectivity index (χ1n) is 11.8. The molecule has 174 valence electrons. The van der Waals surface area contributed by atoms with Crippen molar-refractivity contribution >= 4 is 28.5 Å². The van der Waals surface area contributed by atoms with Gasteiger partial charge in [-0.05, 0) is 81.7 Å². The molecule has 0 saturated carbocycles. The third-order valence-electron chi connectivity index (χ3n) is 7.96. The summed E-state index contributed by atoms with van der Waals surface area (Å²) in [5.41, 5.74) is 6.77. The van der Waals surface area contributed by atoms with E-state index < -0.39 is 7.12 Å². The smallest absolute Gasteiger partial charge is 0.889 e. The van der Waals surface area contributed by atoms with Crippen LogP contribution >= 0.6 is 15.9 Å². The van der Waals surface area contributed by atoms with Gasteiger partial charge in [-0.1, -0.05) is 103 Å². The fourth-order valence-electron chi connectivity index (χ4n) is 5.31. The van der Waals surface area contributed by atoms with Crippen molar-refractivity contribution in [3.05, 3.63) is 63.1 Å². The molecule has 4 rings (SSSR count). The summed E-state index contributed by atoms with van der Waals surface area (Å²) in [6, 6.07) is 12.3. The first kappa shape index (κ1) is 32.9. The summed E-state index contributed by atoms with van der Waals surface area (Å²) in [6.45, 7) is 18.3. The van der Waals surface area contributed by atoms with Gasteiger partial charge in [0, 0.05) is 4.47 Å². The van der Waals surface area contributed by atoms with E-state index in [0.29, 0.717) is 16.3 Å². The van der Waals surface area contributed by atoms with Crippen LogP contribution in [0.4, 0.5) is 0 Å². The minimum absolute atomic E-state index is 0. The molecule has 0 atom stereocenters. The molecule has 0 radical (unpaired) electrons. The molecular formula is C28H38BBrNa2O2. The Morgan fingerprint density at radius 1 is 0.588 bits per heavy atom. The van der Waals surface area contributed by atoms with Gasteiger partial charge in [0.1, 0.15) is 0 Å². The van der Waals surface area contributed by atoms with Crippen LogP contribution in [-0.2, 0) is 21.7 Å². The quantitative estimate of drug-likeness (QED) is 0.446. The Hall–Kier alpha value is 0.905. The Morgan fingerprint density at radius 3 is 1.35 bits per heavy atom. The predicted molar refractivity (Wildman–Crippen MR) is 137 cm³/mol. The molecule has 2 nitrogen and oxygen atoms in total. The van der Waals surface area contributed by atoms with Crippen molar-refractivity contribution in [1.82, 2.24) is 0 Å². The molecule has 2 aromatic rings. The summed E-state index contributed by atoms with van der Waals surface area (Å²) >= 11 is 3.58. The van der Waals surface area contributed by atoms with Crippen LogP contribution < -0.4 is 74.6 Å². The van der Waals surface area contributed by atoms with Crippen LogP contribution in [0, 0.1) is 0 Å². The van der Waals surface area contributed by atoms with Crippen molar-refractivity contribution < 1.29 is 69.2 Å². The molecule has 0 amide bonds. The number of halogens is 1. The monoisotopic (exact) mass is 542 g/mol. The van der Waals surface area contributed by atoms with Crippen LogP contribution in [-0.4, -0.2) is 7.12 Å². The molecule has 2 aliphatic rings. The predicted octanol–water partition coefficient (Wildman–Crippen LogP) is -0.742. The van der Waals surface area contributed by atoms with E-state index in [2.05, 4.69) is 89.5 Å². The maximum Gasteiger partial charge on any atom is 1.00 e. The van der Waals surface area contributed by atoms with E-state index in [1.165, 1.54) is 39.6 Å². The number of fused-ring (bicyclic) bond motifs is 2. The van der Waals surface area contributed by atoms with Gasteiger partial charge in [-0.25, -0.2) is 0 Å². The van der Waals surface area contributed by atoms with Crippen molar-refractivity contribution in [2.24, 2.45) is 0 Å². The molecule has 34 heavy (non-hydrogen) atoms. The zero-order valence-corrected chi connectivity index (χ0v) is 28.7. The number of rotatable bonds is 1. The van der Waals surface area contributed by atoms with Gasteiger partial charge in [0.05, 0.1) is 0 Å². The molecule has 0 saturated heterocycles. The maximum atomic E-state index is 11.0. The van der Waals surface area contributed by atoms with E-state index in [1.807, 2.05) is 12.1 Å². The SMILES string of the molecule is CC1(C)CCC(C)(C)c2cc(B([O-])[O-])ccc21.CC1(C)CCC(C)(C)c2cc(Br)ccc21.[Na+].[Na+]. The summed E-state index contributed by atoms with van der Waals surface area (Å²) in [5, 5.41) is 22.1. The zero-order valence-electron chi connectivity index (χ0n) is 23.1. The summed E-state index contributed by atoms with van der Waals surface area (Å²) in [6.07, 6.45) is 4.81. The molecule has 0 aromatic heterocycles. The summed E-state index contributed by atoms with van der Waals surface area (Å²) in [4.78, 5) is 0. The van der Waals surface area contributed by atoms with E-state index in [-0.39, 0.29) is 69.9 Å². The second-order valence-electron chi connectivity index (χ2n) is 12.4. The number of benzene rings is 2. The fraction of sp³-hybridized carbons (Fsp3) is 0.571. The summed E-state index contributed by atoms with van der Waals surface area (Å²) < 4.78 is 1.20. The topological polar surface area (TPSA) is 46.1 Å². The minimum atomic E-state index is -1.87. The Labute approximate surface area is 260 Å². The third-order valence-corrected chi connectivity index (χ3v) is 8.46. The molecule has 0 N–H and O–H groups in total. The van der Waals surface area contributed by atoms with Crippen LogP contribution in [0.5, 0.6) is 0 Å². The van der Waals surface area contributed by atoms with Crippen LogP contribution in [0.15, 0.2) is 40.9 Å². The summed E-state index contributed by atoms with van der Waals surface area (Å²) in [7, 11) is -1.87. The van der Waals surface area contributed by atoms with Crippen molar-refractivity contribution in [3.63, 3.8) is 0 Å². The van der Waals surface area contributed by atoms with Gasteiger partial charge in [0.25, 0.3) is 0 Å². The Bertz CT molecular complexity index is 1000. The Morgan fingerprint density at radius 2 is 0.941 bits per heavy atom. The largest absolute Gasteiger partial charge is 1.00 e. The minimum Gasteiger partial charge on any atom is -0.889 e. The van der Waals surface area contributed by atoms with Gasteiger partial charge >= 0.3 is 59.1 Å². The van der Waals surface area contributed by atoms with Crippen molar-refractivity contribution in [1.29, 1.82) is 0 Å². The first-order chi connectivity index (χ1) is 14.6. The van der Waals surface area contributed by atoms with Crippen molar-refractivity contribution in [2.75, 3.05) is 0 Å². The van der Waals surface area contributed by atoms with E-state index in [4.69, 9.17) is 0 Å². The number of hydrogen-bond acceptors (Lipinski definition) is 2. The average molecular weight is 543 g/mol. The van der Waals surface area contributed by atoms with Gasteiger partial charge in [-0.2, -0.15) is 0 Å². The van der Waals surface area contributed by atoms with E-state index >= 15 is 0 Å². The van der Waals surface area contributed by atoms with Gasteiger partial charge in [0.2, 0.25) is 0 Å². The van der Waals surface area contributed by atoms with E-state index in [9.17, 15) is 10.0 Å². The maximum absolute atomic E-state index is 11.0. The zero-order chi connectivity index (χ0) is 24.1. The Balaban J connectivity index is 0.000000323. The van der Waals surface area contributed by atoms with Crippen LogP contribution in [0.1, 0.15) is 103 Å². The molecule has 0 bridgehead atoms. The molecule has 0 unspecified atom stereocenters. The molecule has 0 fully saturated rings. The molecule has 0 spiro atoms. The molecule has 0 aliphatic heterocycles. The normalized spacial score (nSPS) is 20.2. The molecule has 2 aromatic carbocycles. The van der Waals surface area contributed by atoms with Gasteiger partial charge in [0.15, 0.2) is 0 Å².